The SMILES string of the molecule is CC(NC(=O)CSc1nnc(-c2ccc(Br)o2)n1C)c1ccccc1. The molecule has 2 aromatic heterocycles. The fourth-order valence-corrected chi connectivity index (χ4v) is 3.36. The highest BCUT2D eigenvalue weighted by Gasteiger charge is 2.16. The largest absolute Gasteiger partial charge is 0.446 e. The van der Waals surface area contributed by atoms with Crippen molar-refractivity contribution in [1.29, 1.82) is 0 Å². The van der Waals surface area contributed by atoms with E-state index in [0.717, 1.165) is 5.56 Å². The summed E-state index contributed by atoms with van der Waals surface area (Å²) >= 11 is 4.61. The van der Waals surface area contributed by atoms with Crippen LogP contribution in [0.2, 0.25) is 0 Å². The van der Waals surface area contributed by atoms with Crippen molar-refractivity contribution < 1.29 is 9.21 Å². The van der Waals surface area contributed by atoms with E-state index in [4.69, 9.17) is 4.42 Å². The fourth-order valence-electron chi connectivity index (χ4n) is 2.33. The van der Waals surface area contributed by atoms with Gasteiger partial charge in [0.05, 0.1) is 11.8 Å². The third-order valence-corrected chi connectivity index (χ3v) is 5.08. The van der Waals surface area contributed by atoms with Crippen LogP contribution in [0.4, 0.5) is 0 Å². The van der Waals surface area contributed by atoms with Gasteiger partial charge in [0.25, 0.3) is 0 Å². The number of nitrogens with zero attached hydrogens (tertiary/aromatic N) is 3. The lowest BCUT2D eigenvalue weighted by Gasteiger charge is -2.13. The second-order valence-electron chi connectivity index (χ2n) is 5.46. The molecule has 6 nitrogen and oxygen atoms in total. The molecular formula is C17H17BrN4O2S. The summed E-state index contributed by atoms with van der Waals surface area (Å²) in [6, 6.07) is 13.4. The Morgan fingerprint density at radius 3 is 2.72 bits per heavy atom. The number of nitrogens with one attached hydrogen (secondary N) is 1. The number of carbonyl (C=O) groups excluding carboxylic acids is 1. The molecule has 25 heavy (non-hydrogen) atoms. The van der Waals surface area contributed by atoms with Crippen LogP contribution in [0.3, 0.4) is 0 Å². The third kappa shape index (κ3) is 4.32. The van der Waals surface area contributed by atoms with Gasteiger partial charge in [-0.15, -0.1) is 10.2 Å². The van der Waals surface area contributed by atoms with Crippen molar-refractivity contribution in [3.05, 3.63) is 52.7 Å². The van der Waals surface area contributed by atoms with Gasteiger partial charge in [0, 0.05) is 7.05 Å². The van der Waals surface area contributed by atoms with E-state index in [9.17, 15) is 4.79 Å². The summed E-state index contributed by atoms with van der Waals surface area (Å²) in [5.74, 6) is 1.46. The van der Waals surface area contributed by atoms with Crippen LogP contribution >= 0.6 is 27.7 Å². The quantitative estimate of drug-likeness (QED) is 0.613. The van der Waals surface area contributed by atoms with Crippen molar-refractivity contribution in [2.24, 2.45) is 7.05 Å². The summed E-state index contributed by atoms with van der Waals surface area (Å²) < 4.78 is 7.94. The number of amides is 1. The lowest BCUT2D eigenvalue weighted by atomic mass is 10.1. The lowest BCUT2D eigenvalue weighted by molar-refractivity contribution is -0.119. The zero-order valence-corrected chi connectivity index (χ0v) is 16.2. The second-order valence-corrected chi connectivity index (χ2v) is 7.18. The van der Waals surface area contributed by atoms with Crippen LogP contribution in [0, 0.1) is 0 Å². The summed E-state index contributed by atoms with van der Waals surface area (Å²) in [5, 5.41) is 11.9. The molecule has 0 aliphatic rings. The number of thioether (sulfide) groups is 1. The van der Waals surface area contributed by atoms with E-state index in [1.54, 1.807) is 6.07 Å². The van der Waals surface area contributed by atoms with E-state index >= 15 is 0 Å². The normalized spacial score (nSPS) is 12.1. The molecule has 3 rings (SSSR count). The van der Waals surface area contributed by atoms with Gasteiger partial charge in [-0.3, -0.25) is 4.79 Å². The molecule has 0 aliphatic carbocycles. The first-order valence-electron chi connectivity index (χ1n) is 7.67. The first-order chi connectivity index (χ1) is 12.0. The van der Waals surface area contributed by atoms with Gasteiger partial charge in [-0.2, -0.15) is 0 Å². The average molecular weight is 421 g/mol. The number of rotatable bonds is 6. The average Bonchev–Trinajstić information content (AvgIpc) is 3.19. The van der Waals surface area contributed by atoms with Crippen LogP contribution in [-0.4, -0.2) is 26.4 Å². The summed E-state index contributed by atoms with van der Waals surface area (Å²) in [6.07, 6.45) is 0. The molecule has 8 heteroatoms. The van der Waals surface area contributed by atoms with Crippen LogP contribution in [0.5, 0.6) is 0 Å². The van der Waals surface area contributed by atoms with Crippen molar-refractivity contribution in [2.75, 3.05) is 5.75 Å². The van der Waals surface area contributed by atoms with Gasteiger partial charge in [0.1, 0.15) is 0 Å². The van der Waals surface area contributed by atoms with Crippen molar-refractivity contribution in [3.8, 4) is 11.6 Å². The number of hydrogen-bond acceptors (Lipinski definition) is 5. The van der Waals surface area contributed by atoms with E-state index in [1.165, 1.54) is 11.8 Å². The van der Waals surface area contributed by atoms with Gasteiger partial charge in [-0.1, -0.05) is 42.1 Å². The third-order valence-electron chi connectivity index (χ3n) is 3.64. The molecule has 1 atom stereocenters. The minimum atomic E-state index is -0.0494. The predicted molar refractivity (Wildman–Crippen MR) is 100 cm³/mol. The van der Waals surface area contributed by atoms with E-state index < -0.39 is 0 Å². The van der Waals surface area contributed by atoms with Gasteiger partial charge in [-0.25, -0.2) is 0 Å². The molecule has 0 spiro atoms. The fraction of sp³-hybridized carbons (Fsp3) is 0.235. The van der Waals surface area contributed by atoms with E-state index in [1.807, 2.05) is 54.9 Å². The number of hydrogen-bond donors (Lipinski definition) is 1. The van der Waals surface area contributed by atoms with Crippen molar-refractivity contribution in [3.63, 3.8) is 0 Å². The smallest absolute Gasteiger partial charge is 0.230 e. The molecule has 0 saturated carbocycles. The van der Waals surface area contributed by atoms with Gasteiger partial charge >= 0.3 is 0 Å². The Kier molecular flexibility index (Phi) is 5.60. The number of furan rings is 1. The Bertz CT molecular complexity index is 863. The first kappa shape index (κ1) is 17.8. The highest BCUT2D eigenvalue weighted by molar-refractivity contribution is 9.10. The number of aromatic nitrogens is 3. The number of carbonyl (C=O) groups is 1. The number of benzene rings is 1. The molecule has 130 valence electrons. The molecule has 0 saturated heterocycles. The van der Waals surface area contributed by atoms with E-state index in [0.29, 0.717) is 21.4 Å². The highest BCUT2D eigenvalue weighted by atomic mass is 79.9. The Hall–Kier alpha value is -2.06. The van der Waals surface area contributed by atoms with Crippen LogP contribution < -0.4 is 5.32 Å². The van der Waals surface area contributed by atoms with Gasteiger partial charge in [0.15, 0.2) is 21.4 Å². The zero-order chi connectivity index (χ0) is 17.8. The topological polar surface area (TPSA) is 73.0 Å². The summed E-state index contributed by atoms with van der Waals surface area (Å²) in [6.45, 7) is 1.97. The van der Waals surface area contributed by atoms with E-state index in [-0.39, 0.29) is 17.7 Å². The Labute approximate surface area is 158 Å². The minimum Gasteiger partial charge on any atom is -0.446 e. The van der Waals surface area contributed by atoms with E-state index in [2.05, 4.69) is 31.4 Å². The maximum absolute atomic E-state index is 12.2. The monoisotopic (exact) mass is 420 g/mol. The summed E-state index contributed by atoms with van der Waals surface area (Å²) in [7, 11) is 1.85. The van der Waals surface area contributed by atoms with Crippen LogP contribution in [0.1, 0.15) is 18.5 Å². The standard InChI is InChI=1S/C17H17BrN4O2S/c1-11(12-6-4-3-5-7-12)19-15(23)10-25-17-21-20-16(22(17)2)13-8-9-14(18)24-13/h3-9,11H,10H2,1-2H3,(H,19,23). The molecule has 0 fully saturated rings. The maximum Gasteiger partial charge on any atom is 0.230 e. The predicted octanol–water partition coefficient (Wildman–Crippen LogP) is 3.81. The highest BCUT2D eigenvalue weighted by Crippen LogP contribution is 2.26. The molecular weight excluding hydrogens is 404 g/mol. The second kappa shape index (κ2) is 7.88. The van der Waals surface area contributed by atoms with Gasteiger partial charge in [0.2, 0.25) is 5.91 Å². The lowest BCUT2D eigenvalue weighted by Crippen LogP contribution is -2.28. The van der Waals surface area contributed by atoms with Crippen LogP contribution in [-0.2, 0) is 11.8 Å². The molecule has 0 radical (unpaired) electrons. The molecule has 3 aromatic rings. The molecule has 1 aromatic carbocycles. The van der Waals surface area contributed by atoms with Crippen LogP contribution in [0.15, 0.2) is 56.7 Å². The van der Waals surface area contributed by atoms with Gasteiger partial charge < -0.3 is 14.3 Å². The van der Waals surface area contributed by atoms with Crippen molar-refractivity contribution in [1.82, 2.24) is 20.1 Å². The Morgan fingerprint density at radius 1 is 1.28 bits per heavy atom. The molecule has 2 heterocycles. The molecule has 1 amide bonds. The Balaban J connectivity index is 1.58. The molecule has 0 aliphatic heterocycles. The van der Waals surface area contributed by atoms with Gasteiger partial charge in [-0.05, 0) is 40.5 Å². The Morgan fingerprint density at radius 2 is 2.04 bits per heavy atom. The van der Waals surface area contributed by atoms with Crippen molar-refractivity contribution >= 4 is 33.6 Å². The minimum absolute atomic E-state index is 0.0372. The zero-order valence-electron chi connectivity index (χ0n) is 13.8. The maximum atomic E-state index is 12.2. The van der Waals surface area contributed by atoms with Crippen LogP contribution in [0.25, 0.3) is 11.6 Å². The van der Waals surface area contributed by atoms with Crippen molar-refractivity contribution in [2.45, 2.75) is 18.1 Å². The summed E-state index contributed by atoms with van der Waals surface area (Å²) in [4.78, 5) is 12.2. The molecule has 0 bridgehead atoms. The first-order valence-corrected chi connectivity index (χ1v) is 9.44. The summed E-state index contributed by atoms with van der Waals surface area (Å²) in [5.41, 5.74) is 1.07. The molecule has 1 N–H and O–H groups in total. The number of halogens is 1. The molecule has 1 unspecified atom stereocenters.